The molecule has 0 aromatic heterocycles. The number of aliphatic hydroxyl groups is 1. The molecule has 1 amide bonds. The summed E-state index contributed by atoms with van der Waals surface area (Å²) < 4.78 is 22.5. The second-order valence-corrected chi connectivity index (χ2v) is 9.83. The van der Waals surface area contributed by atoms with Crippen molar-refractivity contribution in [2.45, 2.75) is 25.0 Å². The fourth-order valence-electron chi connectivity index (χ4n) is 4.44. The number of benzene rings is 2. The number of β-amino-alcohol motifs (C(OH)–C–C–N with tert-alkyl or cyclic N) is 1. The second kappa shape index (κ2) is 11.0. The standard InChI is InChI=1S/C26H31ClN2O6/c27-20-4-6-22(7-5-20)33-16-21(30)13-28-9-10-32-23(14-28)15-29(12-18-1-2-18)26(31)19-3-8-24-25(11-19)35-17-34-24/h3-8,11,18,21,23,30H,1-2,9-10,12-17H2. The SMILES string of the molecule is O=C(c1ccc2c(c1)OCO2)N(CC1CC1)CC1CN(CC(O)COc2ccc(Cl)cc2)CCO1. The second-order valence-electron chi connectivity index (χ2n) is 9.39. The van der Waals surface area contributed by atoms with Gasteiger partial charge in [0.05, 0.1) is 12.7 Å². The van der Waals surface area contributed by atoms with E-state index in [1.165, 1.54) is 0 Å². The van der Waals surface area contributed by atoms with Crippen LogP contribution in [0, 0.1) is 5.92 Å². The molecule has 35 heavy (non-hydrogen) atoms. The highest BCUT2D eigenvalue weighted by Gasteiger charge is 2.31. The molecule has 1 aliphatic carbocycles. The van der Waals surface area contributed by atoms with E-state index in [4.69, 9.17) is 30.5 Å². The van der Waals surface area contributed by atoms with Gasteiger partial charge in [-0.25, -0.2) is 0 Å². The van der Waals surface area contributed by atoms with Crippen LogP contribution in [0.15, 0.2) is 42.5 Å². The van der Waals surface area contributed by atoms with Gasteiger partial charge in [-0.3, -0.25) is 9.69 Å². The van der Waals surface area contributed by atoms with E-state index in [9.17, 15) is 9.90 Å². The quantitative estimate of drug-likeness (QED) is 0.535. The average molecular weight is 503 g/mol. The third-order valence-electron chi connectivity index (χ3n) is 6.45. The molecule has 3 aliphatic rings. The van der Waals surface area contributed by atoms with E-state index < -0.39 is 6.10 Å². The van der Waals surface area contributed by atoms with Crippen molar-refractivity contribution in [1.82, 2.24) is 9.80 Å². The van der Waals surface area contributed by atoms with Crippen LogP contribution < -0.4 is 14.2 Å². The van der Waals surface area contributed by atoms with Crippen LogP contribution in [0.1, 0.15) is 23.2 Å². The van der Waals surface area contributed by atoms with Gasteiger partial charge in [0.15, 0.2) is 11.5 Å². The molecule has 1 saturated heterocycles. The van der Waals surface area contributed by atoms with Crippen LogP contribution in [-0.2, 0) is 4.74 Å². The molecule has 2 fully saturated rings. The molecule has 0 radical (unpaired) electrons. The molecule has 5 rings (SSSR count). The number of carbonyl (C=O) groups is 1. The van der Waals surface area contributed by atoms with E-state index in [0.29, 0.717) is 60.0 Å². The highest BCUT2D eigenvalue weighted by atomic mass is 35.5. The van der Waals surface area contributed by atoms with Gasteiger partial charge in [0.1, 0.15) is 18.5 Å². The highest BCUT2D eigenvalue weighted by Crippen LogP contribution is 2.34. The number of halogens is 1. The number of hydrogen-bond acceptors (Lipinski definition) is 7. The molecule has 0 spiro atoms. The topological polar surface area (TPSA) is 80.7 Å². The zero-order valence-corrected chi connectivity index (χ0v) is 20.4. The van der Waals surface area contributed by atoms with Gasteiger partial charge in [0.2, 0.25) is 6.79 Å². The number of nitrogens with zero attached hydrogens (tertiary/aromatic N) is 2. The smallest absolute Gasteiger partial charge is 0.254 e. The predicted molar refractivity (Wildman–Crippen MR) is 130 cm³/mol. The van der Waals surface area contributed by atoms with Crippen LogP contribution >= 0.6 is 11.6 Å². The Kier molecular flexibility index (Phi) is 7.63. The minimum absolute atomic E-state index is 0.0210. The first-order chi connectivity index (χ1) is 17.0. The number of hydrogen-bond donors (Lipinski definition) is 1. The van der Waals surface area contributed by atoms with E-state index in [-0.39, 0.29) is 25.4 Å². The van der Waals surface area contributed by atoms with Crippen molar-refractivity contribution in [3.05, 3.63) is 53.1 Å². The first kappa shape index (κ1) is 24.2. The molecular formula is C26H31ClN2O6. The lowest BCUT2D eigenvalue weighted by atomic mass is 10.1. The highest BCUT2D eigenvalue weighted by molar-refractivity contribution is 6.30. The minimum atomic E-state index is -0.637. The van der Waals surface area contributed by atoms with Gasteiger partial charge in [-0.2, -0.15) is 0 Å². The molecule has 0 bridgehead atoms. The van der Waals surface area contributed by atoms with Gasteiger partial charge in [-0.05, 0) is 61.2 Å². The van der Waals surface area contributed by atoms with Crippen molar-refractivity contribution >= 4 is 17.5 Å². The lowest BCUT2D eigenvalue weighted by Gasteiger charge is -2.36. The number of aliphatic hydroxyl groups excluding tert-OH is 1. The average Bonchev–Trinajstić information content (AvgIpc) is 3.55. The van der Waals surface area contributed by atoms with E-state index in [2.05, 4.69) is 4.90 Å². The summed E-state index contributed by atoms with van der Waals surface area (Å²) in [6, 6.07) is 12.4. The third kappa shape index (κ3) is 6.58. The Hall–Kier alpha value is -2.52. The fraction of sp³-hybridized carbons (Fsp3) is 0.500. The van der Waals surface area contributed by atoms with Gasteiger partial charge < -0.3 is 29.0 Å². The number of rotatable bonds is 10. The molecule has 1 saturated carbocycles. The summed E-state index contributed by atoms with van der Waals surface area (Å²) in [5.41, 5.74) is 0.595. The molecule has 2 heterocycles. The molecule has 2 atom stereocenters. The monoisotopic (exact) mass is 502 g/mol. The fourth-order valence-corrected chi connectivity index (χ4v) is 4.57. The number of amides is 1. The molecule has 188 valence electrons. The van der Waals surface area contributed by atoms with Gasteiger partial charge in [-0.15, -0.1) is 0 Å². The van der Waals surface area contributed by atoms with Crippen molar-refractivity contribution in [2.24, 2.45) is 5.92 Å². The number of fused-ring (bicyclic) bond motifs is 1. The largest absolute Gasteiger partial charge is 0.491 e. The van der Waals surface area contributed by atoms with Crippen molar-refractivity contribution in [2.75, 3.05) is 52.7 Å². The molecule has 2 aromatic rings. The molecule has 2 aromatic carbocycles. The summed E-state index contributed by atoms with van der Waals surface area (Å²) in [6.45, 7) is 4.03. The van der Waals surface area contributed by atoms with Crippen LogP contribution in [0.3, 0.4) is 0 Å². The Morgan fingerprint density at radius 2 is 1.94 bits per heavy atom. The Balaban J connectivity index is 1.15. The summed E-state index contributed by atoms with van der Waals surface area (Å²) in [7, 11) is 0. The van der Waals surface area contributed by atoms with Crippen LogP contribution in [0.2, 0.25) is 5.02 Å². The van der Waals surface area contributed by atoms with Crippen LogP contribution in [0.5, 0.6) is 17.2 Å². The van der Waals surface area contributed by atoms with Crippen LogP contribution in [0.4, 0.5) is 0 Å². The Labute approximate surface area is 210 Å². The third-order valence-corrected chi connectivity index (χ3v) is 6.71. The molecular weight excluding hydrogens is 472 g/mol. The van der Waals surface area contributed by atoms with Gasteiger partial charge in [0, 0.05) is 43.3 Å². The van der Waals surface area contributed by atoms with E-state index in [1.807, 2.05) is 4.90 Å². The number of carbonyl (C=O) groups excluding carboxylic acids is 1. The maximum Gasteiger partial charge on any atom is 0.254 e. The van der Waals surface area contributed by atoms with Crippen molar-refractivity contribution in [3.63, 3.8) is 0 Å². The minimum Gasteiger partial charge on any atom is -0.491 e. The zero-order chi connectivity index (χ0) is 24.2. The maximum atomic E-state index is 13.4. The normalized spacial score (nSPS) is 20.5. The Bertz CT molecular complexity index is 1020. The molecule has 1 N–H and O–H groups in total. The van der Waals surface area contributed by atoms with Gasteiger partial charge in [-0.1, -0.05) is 11.6 Å². The summed E-state index contributed by atoms with van der Waals surface area (Å²) in [5, 5.41) is 11.1. The first-order valence-corrected chi connectivity index (χ1v) is 12.5. The zero-order valence-electron chi connectivity index (χ0n) is 19.6. The lowest BCUT2D eigenvalue weighted by molar-refractivity contribution is -0.0538. The van der Waals surface area contributed by atoms with Crippen molar-refractivity contribution in [1.29, 1.82) is 0 Å². The van der Waals surface area contributed by atoms with Gasteiger partial charge in [0.25, 0.3) is 5.91 Å². The van der Waals surface area contributed by atoms with Crippen LogP contribution in [0.25, 0.3) is 0 Å². The number of ether oxygens (including phenoxy) is 4. The van der Waals surface area contributed by atoms with E-state index in [1.54, 1.807) is 42.5 Å². The molecule has 8 nitrogen and oxygen atoms in total. The van der Waals surface area contributed by atoms with E-state index in [0.717, 1.165) is 25.9 Å². The lowest BCUT2D eigenvalue weighted by Crippen LogP contribution is -2.51. The summed E-state index contributed by atoms with van der Waals surface area (Å²) >= 11 is 5.90. The Morgan fingerprint density at radius 3 is 2.74 bits per heavy atom. The van der Waals surface area contributed by atoms with E-state index >= 15 is 0 Å². The number of morpholine rings is 1. The Morgan fingerprint density at radius 1 is 1.14 bits per heavy atom. The van der Waals surface area contributed by atoms with Crippen molar-refractivity contribution < 1.29 is 28.8 Å². The summed E-state index contributed by atoms with van der Waals surface area (Å²) in [5.74, 6) is 2.48. The maximum absolute atomic E-state index is 13.4. The first-order valence-electron chi connectivity index (χ1n) is 12.1. The molecule has 2 unspecified atom stereocenters. The van der Waals surface area contributed by atoms with Gasteiger partial charge >= 0.3 is 0 Å². The summed E-state index contributed by atoms with van der Waals surface area (Å²) in [6.07, 6.45) is 1.55. The summed E-state index contributed by atoms with van der Waals surface area (Å²) in [4.78, 5) is 17.5. The molecule has 9 heteroatoms. The molecule has 2 aliphatic heterocycles. The predicted octanol–water partition coefficient (Wildman–Crippen LogP) is 3.06. The van der Waals surface area contributed by atoms with Crippen molar-refractivity contribution in [3.8, 4) is 17.2 Å². The van der Waals surface area contributed by atoms with Crippen LogP contribution in [-0.4, -0.2) is 85.8 Å².